The molecule has 3 aromatic rings. The van der Waals surface area contributed by atoms with Crippen molar-refractivity contribution in [2.24, 2.45) is 0 Å². The van der Waals surface area contributed by atoms with Gasteiger partial charge in [-0.15, -0.1) is 0 Å². The first-order chi connectivity index (χ1) is 7.83. The molecule has 3 heterocycles. The predicted octanol–water partition coefficient (Wildman–Crippen LogP) is 3.28. The quantitative estimate of drug-likeness (QED) is 0.719. The minimum atomic E-state index is 0.711. The molecular formula is C12H9BrN2O. The zero-order valence-corrected chi connectivity index (χ0v) is 10.0. The second-order valence-corrected chi connectivity index (χ2v) is 4.49. The molecule has 0 aromatic carbocycles. The minimum Gasteiger partial charge on any atom is -0.469 e. The largest absolute Gasteiger partial charge is 0.469 e. The minimum absolute atomic E-state index is 0.711. The molecule has 0 N–H and O–H groups in total. The molecule has 0 saturated carbocycles. The summed E-state index contributed by atoms with van der Waals surface area (Å²) in [5.74, 6) is 1.91. The fraction of sp³-hybridized carbons (Fsp3) is 0.0833. The summed E-state index contributed by atoms with van der Waals surface area (Å²) in [7, 11) is 0. The van der Waals surface area contributed by atoms with Crippen molar-refractivity contribution in [3.63, 3.8) is 0 Å². The summed E-state index contributed by atoms with van der Waals surface area (Å²) < 4.78 is 8.44. The van der Waals surface area contributed by atoms with Crippen molar-refractivity contribution in [3.05, 3.63) is 59.0 Å². The normalized spacial score (nSPS) is 11.1. The molecule has 80 valence electrons. The zero-order valence-electron chi connectivity index (χ0n) is 8.43. The van der Waals surface area contributed by atoms with Crippen molar-refractivity contribution in [1.29, 1.82) is 0 Å². The lowest BCUT2D eigenvalue weighted by molar-refractivity contribution is 0.516. The van der Waals surface area contributed by atoms with Gasteiger partial charge in [-0.05, 0) is 24.3 Å². The topological polar surface area (TPSA) is 30.4 Å². The molecule has 0 unspecified atom stereocenters. The lowest BCUT2D eigenvalue weighted by atomic mass is 10.3. The van der Waals surface area contributed by atoms with Crippen LogP contribution in [0.5, 0.6) is 0 Å². The van der Waals surface area contributed by atoms with E-state index in [1.54, 1.807) is 6.26 Å². The summed E-state index contributed by atoms with van der Waals surface area (Å²) in [6.07, 6.45) is 6.26. The highest BCUT2D eigenvalue weighted by Crippen LogP contribution is 2.16. The van der Waals surface area contributed by atoms with E-state index in [1.807, 2.05) is 36.7 Å². The SMILES string of the molecule is Brc1ccn2c(Cc3ccco3)ncc2c1. The van der Waals surface area contributed by atoms with E-state index in [2.05, 4.69) is 25.3 Å². The van der Waals surface area contributed by atoms with Gasteiger partial charge in [0.15, 0.2) is 0 Å². The number of imidazole rings is 1. The van der Waals surface area contributed by atoms with Gasteiger partial charge in [0.2, 0.25) is 0 Å². The second kappa shape index (κ2) is 3.79. The fourth-order valence-corrected chi connectivity index (χ4v) is 2.08. The van der Waals surface area contributed by atoms with E-state index in [4.69, 9.17) is 4.42 Å². The number of rotatable bonds is 2. The van der Waals surface area contributed by atoms with Gasteiger partial charge in [-0.3, -0.25) is 0 Å². The van der Waals surface area contributed by atoms with Crippen LogP contribution >= 0.6 is 15.9 Å². The number of hydrogen-bond donors (Lipinski definition) is 0. The van der Waals surface area contributed by atoms with Crippen LogP contribution in [0.1, 0.15) is 11.6 Å². The number of fused-ring (bicyclic) bond motifs is 1. The van der Waals surface area contributed by atoms with Gasteiger partial charge in [-0.1, -0.05) is 15.9 Å². The molecule has 16 heavy (non-hydrogen) atoms. The van der Waals surface area contributed by atoms with Crippen molar-refractivity contribution in [2.75, 3.05) is 0 Å². The Morgan fingerprint density at radius 1 is 1.38 bits per heavy atom. The summed E-state index contributed by atoms with van der Waals surface area (Å²) in [6, 6.07) is 7.89. The van der Waals surface area contributed by atoms with E-state index < -0.39 is 0 Å². The van der Waals surface area contributed by atoms with E-state index in [1.165, 1.54) is 0 Å². The Kier molecular flexibility index (Phi) is 2.29. The number of furan rings is 1. The number of nitrogens with zero attached hydrogens (tertiary/aromatic N) is 2. The zero-order chi connectivity index (χ0) is 11.0. The Hall–Kier alpha value is -1.55. The van der Waals surface area contributed by atoms with Crippen molar-refractivity contribution >= 4 is 21.4 Å². The second-order valence-electron chi connectivity index (χ2n) is 3.57. The summed E-state index contributed by atoms with van der Waals surface area (Å²) >= 11 is 3.44. The molecule has 0 aliphatic rings. The maximum Gasteiger partial charge on any atom is 0.120 e. The van der Waals surface area contributed by atoms with E-state index in [0.29, 0.717) is 6.42 Å². The molecule has 0 saturated heterocycles. The van der Waals surface area contributed by atoms with Crippen LogP contribution in [0, 0.1) is 0 Å². The Morgan fingerprint density at radius 3 is 3.12 bits per heavy atom. The molecule has 0 aliphatic carbocycles. The summed E-state index contributed by atoms with van der Waals surface area (Å²) in [4.78, 5) is 4.39. The molecule has 0 atom stereocenters. The van der Waals surface area contributed by atoms with Gasteiger partial charge < -0.3 is 8.82 Å². The third kappa shape index (κ3) is 1.65. The fourth-order valence-electron chi connectivity index (χ4n) is 1.73. The van der Waals surface area contributed by atoms with Gasteiger partial charge >= 0.3 is 0 Å². The molecule has 0 bridgehead atoms. The van der Waals surface area contributed by atoms with Crippen molar-refractivity contribution < 1.29 is 4.42 Å². The lowest BCUT2D eigenvalue weighted by Gasteiger charge is -1.99. The maximum absolute atomic E-state index is 5.32. The monoisotopic (exact) mass is 276 g/mol. The molecule has 4 heteroatoms. The van der Waals surface area contributed by atoms with Crippen LogP contribution < -0.4 is 0 Å². The van der Waals surface area contributed by atoms with Crippen LogP contribution in [0.4, 0.5) is 0 Å². The Labute approximate surface area is 101 Å². The average molecular weight is 277 g/mol. The van der Waals surface area contributed by atoms with Gasteiger partial charge in [0.25, 0.3) is 0 Å². The molecule has 3 rings (SSSR count). The van der Waals surface area contributed by atoms with Crippen LogP contribution in [-0.2, 0) is 6.42 Å². The molecule has 0 radical (unpaired) electrons. The highest BCUT2D eigenvalue weighted by atomic mass is 79.9. The maximum atomic E-state index is 5.32. The first-order valence-electron chi connectivity index (χ1n) is 4.97. The Bertz CT molecular complexity index is 613. The van der Waals surface area contributed by atoms with Gasteiger partial charge in [0.05, 0.1) is 24.4 Å². The van der Waals surface area contributed by atoms with E-state index in [9.17, 15) is 0 Å². The Morgan fingerprint density at radius 2 is 2.31 bits per heavy atom. The van der Waals surface area contributed by atoms with Gasteiger partial charge in [0, 0.05) is 10.7 Å². The van der Waals surface area contributed by atoms with Crippen molar-refractivity contribution in [3.8, 4) is 0 Å². The first kappa shape index (κ1) is 9.66. The smallest absolute Gasteiger partial charge is 0.120 e. The number of aromatic nitrogens is 2. The number of pyridine rings is 1. The van der Waals surface area contributed by atoms with Crippen LogP contribution in [-0.4, -0.2) is 9.38 Å². The highest BCUT2D eigenvalue weighted by molar-refractivity contribution is 9.10. The molecule has 3 nitrogen and oxygen atoms in total. The summed E-state index contributed by atoms with van der Waals surface area (Å²) in [6.45, 7) is 0. The molecule has 0 aliphatic heterocycles. The molecule has 0 spiro atoms. The van der Waals surface area contributed by atoms with Crippen molar-refractivity contribution in [2.45, 2.75) is 6.42 Å². The lowest BCUT2D eigenvalue weighted by Crippen LogP contribution is -1.94. The summed E-state index contributed by atoms with van der Waals surface area (Å²) in [5.41, 5.74) is 1.08. The van der Waals surface area contributed by atoms with Crippen LogP contribution in [0.2, 0.25) is 0 Å². The highest BCUT2D eigenvalue weighted by Gasteiger charge is 2.06. The van der Waals surface area contributed by atoms with Gasteiger partial charge in [-0.25, -0.2) is 4.98 Å². The van der Waals surface area contributed by atoms with Crippen molar-refractivity contribution in [1.82, 2.24) is 9.38 Å². The predicted molar refractivity (Wildman–Crippen MR) is 64.4 cm³/mol. The van der Waals surface area contributed by atoms with Gasteiger partial charge in [-0.2, -0.15) is 0 Å². The van der Waals surface area contributed by atoms with Crippen LogP contribution in [0.3, 0.4) is 0 Å². The summed E-state index contributed by atoms with van der Waals surface area (Å²) in [5, 5.41) is 0. The van der Waals surface area contributed by atoms with Gasteiger partial charge in [0.1, 0.15) is 11.6 Å². The van der Waals surface area contributed by atoms with E-state index >= 15 is 0 Å². The molecular weight excluding hydrogens is 268 g/mol. The third-order valence-corrected chi connectivity index (χ3v) is 2.98. The average Bonchev–Trinajstić information content (AvgIpc) is 2.89. The van der Waals surface area contributed by atoms with Crippen LogP contribution in [0.15, 0.2) is 51.8 Å². The van der Waals surface area contributed by atoms with E-state index in [0.717, 1.165) is 21.6 Å². The standard InChI is InChI=1S/C12H9BrN2O/c13-9-3-4-15-10(6-9)8-14-12(15)7-11-2-1-5-16-11/h1-6,8H,7H2. The third-order valence-electron chi connectivity index (χ3n) is 2.48. The first-order valence-corrected chi connectivity index (χ1v) is 5.76. The number of halogens is 1. The Balaban J connectivity index is 2.04. The number of hydrogen-bond acceptors (Lipinski definition) is 2. The molecule has 0 amide bonds. The van der Waals surface area contributed by atoms with E-state index in [-0.39, 0.29) is 0 Å². The van der Waals surface area contributed by atoms with Crippen LogP contribution in [0.25, 0.3) is 5.52 Å². The molecule has 3 aromatic heterocycles. The molecule has 0 fully saturated rings.